The van der Waals surface area contributed by atoms with Crippen LogP contribution in [-0.4, -0.2) is 10.9 Å². The number of carbonyl (C=O) groups excluding carboxylic acids is 1. The van der Waals surface area contributed by atoms with Crippen molar-refractivity contribution in [2.45, 2.75) is 0 Å². The van der Waals surface area contributed by atoms with Gasteiger partial charge in [-0.05, 0) is 40.2 Å². The van der Waals surface area contributed by atoms with Gasteiger partial charge in [0, 0.05) is 5.56 Å². The van der Waals surface area contributed by atoms with Crippen LogP contribution in [0.15, 0.2) is 34.9 Å². The van der Waals surface area contributed by atoms with E-state index in [1.807, 2.05) is 0 Å². The maximum Gasteiger partial charge on any atom is 0.255 e. The molecule has 0 unspecified atom stereocenters. The van der Waals surface area contributed by atoms with Gasteiger partial charge in [-0.3, -0.25) is 4.79 Å². The van der Waals surface area contributed by atoms with Crippen molar-refractivity contribution >= 4 is 50.7 Å². The zero-order valence-electron chi connectivity index (χ0n) is 9.25. The van der Waals surface area contributed by atoms with Gasteiger partial charge in [0.1, 0.15) is 11.0 Å². The summed E-state index contributed by atoms with van der Waals surface area (Å²) in [4.78, 5) is 15.7. The SMILES string of the molecule is O=C(Nc1cnc(Cl)c(Br)c1)c1ccc(Cl)c(F)c1. The Morgan fingerprint density at radius 2 is 2.05 bits per heavy atom. The minimum absolute atomic E-state index is 0.0348. The number of nitrogens with one attached hydrogen (secondary N) is 1. The predicted molar refractivity (Wildman–Crippen MR) is 76.3 cm³/mol. The first-order valence-corrected chi connectivity index (χ1v) is 6.59. The van der Waals surface area contributed by atoms with Gasteiger partial charge in [0.2, 0.25) is 0 Å². The Bertz CT molecular complexity index is 652. The number of anilines is 1. The molecule has 0 aliphatic carbocycles. The first kappa shape index (κ1) is 14.2. The highest BCUT2D eigenvalue weighted by atomic mass is 79.9. The molecule has 98 valence electrons. The van der Waals surface area contributed by atoms with Crippen LogP contribution in [0.3, 0.4) is 0 Å². The van der Waals surface area contributed by atoms with Crippen molar-refractivity contribution < 1.29 is 9.18 Å². The highest BCUT2D eigenvalue weighted by molar-refractivity contribution is 9.10. The third-order valence-corrected chi connectivity index (χ3v) is 3.68. The Labute approximate surface area is 126 Å². The van der Waals surface area contributed by atoms with Crippen molar-refractivity contribution in [1.82, 2.24) is 4.98 Å². The van der Waals surface area contributed by atoms with Gasteiger partial charge in [0.05, 0.1) is 21.4 Å². The molecule has 0 aliphatic rings. The van der Waals surface area contributed by atoms with Crippen LogP contribution in [0, 0.1) is 5.82 Å². The smallest absolute Gasteiger partial charge is 0.255 e. The Balaban J connectivity index is 2.20. The summed E-state index contributed by atoms with van der Waals surface area (Å²) in [6.45, 7) is 0. The molecule has 0 radical (unpaired) electrons. The predicted octanol–water partition coefficient (Wildman–Crippen LogP) is 4.54. The zero-order valence-corrected chi connectivity index (χ0v) is 12.4. The topological polar surface area (TPSA) is 42.0 Å². The molecule has 1 heterocycles. The molecule has 0 fully saturated rings. The molecule has 0 saturated carbocycles. The Kier molecular flexibility index (Phi) is 4.39. The fourth-order valence-electron chi connectivity index (χ4n) is 1.33. The minimum atomic E-state index is -0.648. The maximum atomic E-state index is 13.2. The van der Waals surface area contributed by atoms with E-state index in [0.29, 0.717) is 10.2 Å². The highest BCUT2D eigenvalue weighted by Gasteiger charge is 2.10. The fourth-order valence-corrected chi connectivity index (χ4v) is 1.90. The van der Waals surface area contributed by atoms with E-state index >= 15 is 0 Å². The number of nitrogens with zero attached hydrogens (tertiary/aromatic N) is 1. The normalized spacial score (nSPS) is 10.3. The third-order valence-electron chi connectivity index (χ3n) is 2.24. The standard InChI is InChI=1S/C12H6BrCl2FN2O/c13-8-4-7(5-17-11(8)15)18-12(19)6-1-2-9(14)10(16)3-6/h1-5H,(H,18,19). The average Bonchev–Trinajstić information content (AvgIpc) is 2.37. The van der Waals surface area contributed by atoms with E-state index in [4.69, 9.17) is 23.2 Å². The Morgan fingerprint density at radius 3 is 2.68 bits per heavy atom. The van der Waals surface area contributed by atoms with Crippen molar-refractivity contribution in [3.8, 4) is 0 Å². The van der Waals surface area contributed by atoms with E-state index in [0.717, 1.165) is 6.07 Å². The van der Waals surface area contributed by atoms with Crippen LogP contribution in [0.25, 0.3) is 0 Å². The van der Waals surface area contributed by atoms with Crippen LogP contribution in [0.5, 0.6) is 0 Å². The van der Waals surface area contributed by atoms with Crippen LogP contribution >= 0.6 is 39.1 Å². The van der Waals surface area contributed by atoms with E-state index in [1.165, 1.54) is 18.3 Å². The van der Waals surface area contributed by atoms with Crippen molar-refractivity contribution in [2.75, 3.05) is 5.32 Å². The highest BCUT2D eigenvalue weighted by Crippen LogP contribution is 2.23. The summed E-state index contributed by atoms with van der Waals surface area (Å²) in [6, 6.07) is 5.41. The van der Waals surface area contributed by atoms with Crippen LogP contribution in [-0.2, 0) is 0 Å². The van der Waals surface area contributed by atoms with Crippen molar-refractivity contribution in [3.63, 3.8) is 0 Å². The molecule has 0 spiro atoms. The van der Waals surface area contributed by atoms with E-state index in [-0.39, 0.29) is 15.7 Å². The van der Waals surface area contributed by atoms with E-state index < -0.39 is 11.7 Å². The number of aromatic nitrogens is 1. The summed E-state index contributed by atoms with van der Waals surface area (Å²) in [5.41, 5.74) is 0.601. The Hall–Kier alpha value is -1.17. The first-order chi connectivity index (χ1) is 8.97. The molecular formula is C12H6BrCl2FN2O. The van der Waals surface area contributed by atoms with Gasteiger partial charge in [0.15, 0.2) is 0 Å². The van der Waals surface area contributed by atoms with Crippen molar-refractivity contribution in [1.29, 1.82) is 0 Å². The van der Waals surface area contributed by atoms with E-state index in [1.54, 1.807) is 6.07 Å². The van der Waals surface area contributed by atoms with Gasteiger partial charge in [-0.2, -0.15) is 0 Å². The molecule has 1 aromatic heterocycles. The number of rotatable bonds is 2. The number of hydrogen-bond donors (Lipinski definition) is 1. The molecule has 1 aromatic carbocycles. The number of pyridine rings is 1. The third kappa shape index (κ3) is 3.43. The van der Waals surface area contributed by atoms with Gasteiger partial charge in [-0.25, -0.2) is 9.37 Å². The van der Waals surface area contributed by atoms with Gasteiger partial charge in [-0.1, -0.05) is 23.2 Å². The summed E-state index contributed by atoms with van der Waals surface area (Å²) in [7, 11) is 0. The molecule has 0 aliphatic heterocycles. The molecule has 1 amide bonds. The second-order valence-corrected chi connectivity index (χ2v) is 5.20. The lowest BCUT2D eigenvalue weighted by atomic mass is 10.2. The lowest BCUT2D eigenvalue weighted by Crippen LogP contribution is -2.12. The molecule has 7 heteroatoms. The molecule has 0 saturated heterocycles. The molecule has 3 nitrogen and oxygen atoms in total. The number of benzene rings is 1. The number of halogens is 4. The lowest BCUT2D eigenvalue weighted by Gasteiger charge is -2.06. The molecule has 2 aromatic rings. The molecule has 0 atom stereocenters. The van der Waals surface area contributed by atoms with Crippen LogP contribution in [0.4, 0.5) is 10.1 Å². The first-order valence-electron chi connectivity index (χ1n) is 5.05. The second-order valence-electron chi connectivity index (χ2n) is 3.58. The van der Waals surface area contributed by atoms with Gasteiger partial charge >= 0.3 is 0 Å². The monoisotopic (exact) mass is 362 g/mol. The summed E-state index contributed by atoms with van der Waals surface area (Å²) in [6.07, 6.45) is 1.40. The minimum Gasteiger partial charge on any atom is -0.321 e. The summed E-state index contributed by atoms with van der Waals surface area (Å²) >= 11 is 14.5. The van der Waals surface area contributed by atoms with Gasteiger partial charge in [0.25, 0.3) is 5.91 Å². The van der Waals surface area contributed by atoms with Crippen LogP contribution < -0.4 is 5.32 Å². The molecular weight excluding hydrogens is 358 g/mol. The molecule has 2 rings (SSSR count). The van der Waals surface area contributed by atoms with Gasteiger partial charge < -0.3 is 5.32 Å². The number of carbonyl (C=O) groups is 1. The van der Waals surface area contributed by atoms with Crippen molar-refractivity contribution in [2.24, 2.45) is 0 Å². The quantitative estimate of drug-likeness (QED) is 0.795. The van der Waals surface area contributed by atoms with Gasteiger partial charge in [-0.15, -0.1) is 0 Å². The summed E-state index contributed by atoms with van der Waals surface area (Å²) < 4.78 is 13.8. The van der Waals surface area contributed by atoms with E-state index in [2.05, 4.69) is 26.2 Å². The van der Waals surface area contributed by atoms with Crippen LogP contribution in [0.2, 0.25) is 10.2 Å². The summed E-state index contributed by atoms with van der Waals surface area (Å²) in [5.74, 6) is -1.11. The largest absolute Gasteiger partial charge is 0.321 e. The van der Waals surface area contributed by atoms with E-state index in [9.17, 15) is 9.18 Å². The fraction of sp³-hybridized carbons (Fsp3) is 0. The second kappa shape index (κ2) is 5.86. The summed E-state index contributed by atoms with van der Waals surface area (Å²) in [5, 5.41) is 2.83. The lowest BCUT2D eigenvalue weighted by molar-refractivity contribution is 0.102. The molecule has 0 bridgehead atoms. The molecule has 19 heavy (non-hydrogen) atoms. The van der Waals surface area contributed by atoms with Crippen molar-refractivity contribution in [3.05, 3.63) is 56.5 Å². The number of amides is 1. The zero-order chi connectivity index (χ0) is 14.0. The number of hydrogen-bond acceptors (Lipinski definition) is 2. The van der Waals surface area contributed by atoms with Crippen LogP contribution in [0.1, 0.15) is 10.4 Å². The average molecular weight is 364 g/mol. The maximum absolute atomic E-state index is 13.2. The Morgan fingerprint density at radius 1 is 1.32 bits per heavy atom. The molecule has 1 N–H and O–H groups in total.